The lowest BCUT2D eigenvalue weighted by molar-refractivity contribution is 0.183. The molecule has 1 atom stereocenters. The molecule has 2 aliphatic carbocycles. The molecule has 3 nitrogen and oxygen atoms in total. The van der Waals surface area contributed by atoms with E-state index in [1.165, 1.54) is 108 Å². The molecule has 3 rings (SSSR count). The molecule has 25 heavy (non-hydrogen) atoms. The molecule has 1 N–H and O–H groups in total. The number of nitrogens with one attached hydrogen (secondary N) is 1. The fraction of sp³-hybridized carbons (Fsp3) is 0.909. The van der Waals surface area contributed by atoms with Gasteiger partial charge in [-0.2, -0.15) is 15.4 Å². The van der Waals surface area contributed by atoms with Crippen LogP contribution in [-0.2, 0) is 12.8 Å². The summed E-state index contributed by atoms with van der Waals surface area (Å²) in [6, 6.07) is 0. The summed E-state index contributed by atoms with van der Waals surface area (Å²) in [5, 5.41) is 11.7. The van der Waals surface area contributed by atoms with E-state index < -0.39 is 0 Å². The number of hydrogen-bond donors (Lipinski definition) is 1. The highest BCUT2D eigenvalue weighted by molar-refractivity contribution is 5.09. The smallest absolute Gasteiger partial charge is 0.0856 e. The van der Waals surface area contributed by atoms with Crippen molar-refractivity contribution in [1.82, 2.24) is 15.4 Å². The first-order valence-electron chi connectivity index (χ1n) is 11.1. The van der Waals surface area contributed by atoms with Gasteiger partial charge in [0.1, 0.15) is 0 Å². The van der Waals surface area contributed by atoms with Crippen molar-refractivity contribution in [2.24, 2.45) is 11.3 Å². The number of fused-ring (bicyclic) bond motifs is 1. The zero-order valence-electron chi connectivity index (χ0n) is 16.5. The largest absolute Gasteiger partial charge is 0.197 e. The number of H-pyrrole nitrogens is 1. The lowest BCUT2D eigenvalue weighted by Gasteiger charge is -2.34. The Morgan fingerprint density at radius 2 is 1.36 bits per heavy atom. The molecule has 1 aromatic heterocycles. The standard InChI is InChI=1S/C22H39N3/c1-22(16-11-10-14-20-21(15-17-22)24-25-23-20)18-19-12-8-6-4-2-3-5-7-9-13-19/h19H,2-18H2,1H3,(H,23,24,25). The van der Waals surface area contributed by atoms with Crippen molar-refractivity contribution in [1.29, 1.82) is 0 Å². The van der Waals surface area contributed by atoms with Gasteiger partial charge < -0.3 is 0 Å². The maximum Gasteiger partial charge on any atom is 0.0856 e. The molecule has 2 aliphatic rings. The fourth-order valence-corrected chi connectivity index (χ4v) is 5.24. The molecule has 0 radical (unpaired) electrons. The first-order chi connectivity index (χ1) is 12.3. The number of aromatic nitrogens is 3. The van der Waals surface area contributed by atoms with E-state index in [9.17, 15) is 0 Å². The van der Waals surface area contributed by atoms with E-state index in [2.05, 4.69) is 22.3 Å². The van der Waals surface area contributed by atoms with Gasteiger partial charge in [0.15, 0.2) is 0 Å². The van der Waals surface area contributed by atoms with Gasteiger partial charge in [-0.25, -0.2) is 0 Å². The molecule has 0 bridgehead atoms. The second-order valence-corrected chi connectivity index (χ2v) is 9.21. The van der Waals surface area contributed by atoms with Gasteiger partial charge in [0.05, 0.1) is 11.4 Å². The minimum atomic E-state index is 0.505. The Morgan fingerprint density at radius 3 is 2.04 bits per heavy atom. The second kappa shape index (κ2) is 9.73. The van der Waals surface area contributed by atoms with Crippen molar-refractivity contribution >= 4 is 0 Å². The van der Waals surface area contributed by atoms with E-state index in [-0.39, 0.29) is 0 Å². The predicted octanol–water partition coefficient (Wildman–Crippen LogP) is 6.39. The monoisotopic (exact) mass is 345 g/mol. The maximum atomic E-state index is 4.44. The van der Waals surface area contributed by atoms with Gasteiger partial charge in [-0.05, 0) is 49.9 Å². The van der Waals surface area contributed by atoms with Crippen molar-refractivity contribution in [2.75, 3.05) is 0 Å². The summed E-state index contributed by atoms with van der Waals surface area (Å²) >= 11 is 0. The quantitative estimate of drug-likeness (QED) is 0.674. The molecule has 3 heteroatoms. The Balaban J connectivity index is 1.59. The van der Waals surface area contributed by atoms with Crippen LogP contribution >= 0.6 is 0 Å². The van der Waals surface area contributed by atoms with Crippen LogP contribution in [0.4, 0.5) is 0 Å². The van der Waals surface area contributed by atoms with E-state index in [0.717, 1.165) is 18.8 Å². The average molecular weight is 346 g/mol. The van der Waals surface area contributed by atoms with E-state index >= 15 is 0 Å². The van der Waals surface area contributed by atoms with Gasteiger partial charge in [-0.15, -0.1) is 0 Å². The minimum absolute atomic E-state index is 0.505. The second-order valence-electron chi connectivity index (χ2n) is 9.21. The average Bonchev–Trinajstić information content (AvgIpc) is 3.04. The Kier molecular flexibility index (Phi) is 7.36. The summed E-state index contributed by atoms with van der Waals surface area (Å²) in [6.45, 7) is 2.57. The summed E-state index contributed by atoms with van der Waals surface area (Å²) in [6.07, 6.45) is 23.7. The normalized spacial score (nSPS) is 28.2. The third-order valence-corrected chi connectivity index (χ3v) is 6.87. The summed E-state index contributed by atoms with van der Waals surface area (Å²) in [4.78, 5) is 0. The third-order valence-electron chi connectivity index (χ3n) is 6.87. The molecule has 0 aromatic carbocycles. The first kappa shape index (κ1) is 18.9. The molecule has 0 aliphatic heterocycles. The van der Waals surface area contributed by atoms with Crippen LogP contribution in [0.15, 0.2) is 0 Å². The lowest BCUT2D eigenvalue weighted by Crippen LogP contribution is -2.22. The molecule has 142 valence electrons. The highest BCUT2D eigenvalue weighted by atomic mass is 15.3. The van der Waals surface area contributed by atoms with Crippen molar-refractivity contribution in [3.8, 4) is 0 Å². The van der Waals surface area contributed by atoms with E-state index in [1.807, 2.05) is 0 Å². The van der Waals surface area contributed by atoms with Crippen LogP contribution in [0.1, 0.15) is 115 Å². The number of hydrogen-bond acceptors (Lipinski definition) is 2. The van der Waals surface area contributed by atoms with Gasteiger partial charge in [-0.3, -0.25) is 0 Å². The Hall–Kier alpha value is -0.860. The number of aryl methyl sites for hydroxylation is 2. The van der Waals surface area contributed by atoms with Crippen molar-refractivity contribution in [2.45, 2.75) is 116 Å². The van der Waals surface area contributed by atoms with Gasteiger partial charge in [0, 0.05) is 0 Å². The van der Waals surface area contributed by atoms with Crippen LogP contribution in [0, 0.1) is 11.3 Å². The SMILES string of the molecule is CC1(CC2CCCCCCCCCC2)CCCCc2n[nH]nc2CC1. The first-order valence-corrected chi connectivity index (χ1v) is 11.1. The molecule has 0 amide bonds. The van der Waals surface area contributed by atoms with Crippen LogP contribution in [-0.4, -0.2) is 15.4 Å². The lowest BCUT2D eigenvalue weighted by atomic mass is 9.72. The molecule has 0 spiro atoms. The number of rotatable bonds is 2. The van der Waals surface area contributed by atoms with Gasteiger partial charge in [0.25, 0.3) is 0 Å². The molecule has 0 saturated heterocycles. The van der Waals surface area contributed by atoms with Crippen LogP contribution in [0.5, 0.6) is 0 Å². The summed E-state index contributed by atoms with van der Waals surface area (Å²) in [5.74, 6) is 0.959. The predicted molar refractivity (Wildman–Crippen MR) is 105 cm³/mol. The molecular weight excluding hydrogens is 306 g/mol. The minimum Gasteiger partial charge on any atom is -0.197 e. The fourth-order valence-electron chi connectivity index (χ4n) is 5.24. The molecule has 1 heterocycles. The van der Waals surface area contributed by atoms with Crippen LogP contribution in [0.3, 0.4) is 0 Å². The van der Waals surface area contributed by atoms with Gasteiger partial charge >= 0.3 is 0 Å². The number of aromatic amines is 1. The maximum absolute atomic E-state index is 4.44. The van der Waals surface area contributed by atoms with Gasteiger partial charge in [-0.1, -0.05) is 77.6 Å². The van der Waals surface area contributed by atoms with Crippen molar-refractivity contribution in [3.63, 3.8) is 0 Å². The van der Waals surface area contributed by atoms with Crippen LogP contribution < -0.4 is 0 Å². The summed E-state index contributed by atoms with van der Waals surface area (Å²) in [7, 11) is 0. The zero-order valence-corrected chi connectivity index (χ0v) is 16.5. The summed E-state index contributed by atoms with van der Waals surface area (Å²) < 4.78 is 0. The Labute approximate surface area is 154 Å². The Morgan fingerprint density at radius 1 is 0.760 bits per heavy atom. The molecule has 1 aromatic rings. The topological polar surface area (TPSA) is 41.6 Å². The van der Waals surface area contributed by atoms with Crippen LogP contribution in [0.2, 0.25) is 0 Å². The van der Waals surface area contributed by atoms with E-state index in [0.29, 0.717) is 5.41 Å². The molecule has 1 saturated carbocycles. The zero-order chi connectivity index (χ0) is 17.4. The Bertz CT molecular complexity index is 483. The highest BCUT2D eigenvalue weighted by Crippen LogP contribution is 2.40. The number of nitrogens with zero attached hydrogens (tertiary/aromatic N) is 2. The molecule has 1 fully saturated rings. The molecular formula is C22H39N3. The van der Waals surface area contributed by atoms with E-state index in [4.69, 9.17) is 0 Å². The summed E-state index contributed by atoms with van der Waals surface area (Å²) in [5.41, 5.74) is 2.99. The van der Waals surface area contributed by atoms with Crippen molar-refractivity contribution in [3.05, 3.63) is 11.4 Å². The highest BCUT2D eigenvalue weighted by Gasteiger charge is 2.29. The van der Waals surface area contributed by atoms with E-state index in [1.54, 1.807) is 0 Å². The van der Waals surface area contributed by atoms with Crippen molar-refractivity contribution < 1.29 is 0 Å². The van der Waals surface area contributed by atoms with Crippen LogP contribution in [0.25, 0.3) is 0 Å². The van der Waals surface area contributed by atoms with Gasteiger partial charge in [0.2, 0.25) is 0 Å². The molecule has 1 unspecified atom stereocenters. The third kappa shape index (κ3) is 6.11.